The van der Waals surface area contributed by atoms with E-state index in [1.165, 1.54) is 0 Å². The molecule has 0 radical (unpaired) electrons. The van der Waals surface area contributed by atoms with E-state index < -0.39 is 6.10 Å². The minimum atomic E-state index is -0.725. The van der Waals surface area contributed by atoms with E-state index in [2.05, 4.69) is 43.5 Å². The third-order valence-corrected chi connectivity index (χ3v) is 4.01. The van der Waals surface area contributed by atoms with Crippen molar-refractivity contribution in [3.05, 3.63) is 55.8 Å². The fourth-order valence-corrected chi connectivity index (χ4v) is 2.71. The molecule has 2 rings (SSSR count). The number of benzene rings is 1. The maximum Gasteiger partial charge on any atom is 0.137 e. The SMILES string of the molecule is CCOc1cncc(C(O)c2cc(I)ccc2Br)c1. The van der Waals surface area contributed by atoms with Gasteiger partial charge in [0.05, 0.1) is 12.8 Å². The van der Waals surface area contributed by atoms with Crippen molar-refractivity contribution in [2.75, 3.05) is 6.61 Å². The van der Waals surface area contributed by atoms with Crippen molar-refractivity contribution in [3.63, 3.8) is 0 Å². The third-order valence-electron chi connectivity index (χ3n) is 2.61. The second kappa shape index (κ2) is 6.67. The molecule has 0 saturated carbocycles. The molecule has 5 heteroatoms. The highest BCUT2D eigenvalue weighted by Crippen LogP contribution is 2.30. The molecule has 1 heterocycles. The molecule has 2 aromatic rings. The zero-order chi connectivity index (χ0) is 13.8. The van der Waals surface area contributed by atoms with Gasteiger partial charge in [0.2, 0.25) is 0 Å². The molecule has 0 aliphatic carbocycles. The van der Waals surface area contributed by atoms with Crippen LogP contribution in [0.1, 0.15) is 24.2 Å². The number of hydrogen-bond donors (Lipinski definition) is 1. The summed E-state index contributed by atoms with van der Waals surface area (Å²) in [7, 11) is 0. The van der Waals surface area contributed by atoms with Crippen LogP contribution >= 0.6 is 38.5 Å². The molecule has 100 valence electrons. The summed E-state index contributed by atoms with van der Waals surface area (Å²) in [5.74, 6) is 0.667. The van der Waals surface area contributed by atoms with Gasteiger partial charge in [-0.2, -0.15) is 0 Å². The Labute approximate surface area is 134 Å². The molecule has 1 N–H and O–H groups in total. The number of halogens is 2. The Hall–Kier alpha value is -0.660. The fraction of sp³-hybridized carbons (Fsp3) is 0.214. The highest BCUT2D eigenvalue weighted by atomic mass is 127. The summed E-state index contributed by atoms with van der Waals surface area (Å²) in [6, 6.07) is 7.67. The van der Waals surface area contributed by atoms with Gasteiger partial charge in [0.25, 0.3) is 0 Å². The van der Waals surface area contributed by atoms with Crippen LogP contribution in [0.2, 0.25) is 0 Å². The van der Waals surface area contributed by atoms with Gasteiger partial charge in [-0.15, -0.1) is 0 Å². The van der Waals surface area contributed by atoms with Gasteiger partial charge in [0.1, 0.15) is 11.9 Å². The van der Waals surface area contributed by atoms with E-state index in [0.717, 1.165) is 13.6 Å². The van der Waals surface area contributed by atoms with E-state index in [9.17, 15) is 5.11 Å². The molecule has 1 unspecified atom stereocenters. The van der Waals surface area contributed by atoms with Crippen molar-refractivity contribution in [3.8, 4) is 5.75 Å². The van der Waals surface area contributed by atoms with Crippen LogP contribution in [0.15, 0.2) is 41.1 Å². The standard InChI is InChI=1S/C14H13BrINO2/c1-2-19-11-5-9(7-17-8-11)14(18)12-6-10(16)3-4-13(12)15/h3-8,14,18H,2H2,1H3. The van der Waals surface area contributed by atoms with Crippen molar-refractivity contribution in [2.45, 2.75) is 13.0 Å². The topological polar surface area (TPSA) is 42.4 Å². The maximum absolute atomic E-state index is 10.5. The molecule has 0 saturated heterocycles. The monoisotopic (exact) mass is 433 g/mol. The van der Waals surface area contributed by atoms with Crippen molar-refractivity contribution < 1.29 is 9.84 Å². The number of nitrogens with zero attached hydrogens (tertiary/aromatic N) is 1. The summed E-state index contributed by atoms with van der Waals surface area (Å²) >= 11 is 5.69. The first-order chi connectivity index (χ1) is 9.11. The molecule has 1 aromatic carbocycles. The lowest BCUT2D eigenvalue weighted by atomic mass is 10.0. The van der Waals surface area contributed by atoms with Crippen molar-refractivity contribution in [1.82, 2.24) is 4.98 Å². The van der Waals surface area contributed by atoms with Gasteiger partial charge in [-0.25, -0.2) is 0 Å². The molecule has 0 amide bonds. The Balaban J connectivity index is 2.35. The largest absolute Gasteiger partial charge is 0.492 e. The van der Waals surface area contributed by atoms with Crippen LogP contribution in [0.4, 0.5) is 0 Å². The predicted octanol–water partition coefficient (Wildman–Crippen LogP) is 3.93. The summed E-state index contributed by atoms with van der Waals surface area (Å²) < 4.78 is 7.35. The van der Waals surface area contributed by atoms with Gasteiger partial charge >= 0.3 is 0 Å². The van der Waals surface area contributed by atoms with E-state index in [1.807, 2.05) is 31.2 Å². The quantitative estimate of drug-likeness (QED) is 0.743. The Morgan fingerprint density at radius 2 is 2.16 bits per heavy atom. The van der Waals surface area contributed by atoms with E-state index >= 15 is 0 Å². The number of pyridine rings is 1. The molecule has 19 heavy (non-hydrogen) atoms. The molecule has 0 fully saturated rings. The fourth-order valence-electron chi connectivity index (χ4n) is 1.73. The van der Waals surface area contributed by atoms with E-state index in [0.29, 0.717) is 17.9 Å². The van der Waals surface area contributed by atoms with Gasteiger partial charge in [0, 0.05) is 25.4 Å². The molecule has 1 aromatic heterocycles. The van der Waals surface area contributed by atoms with Crippen LogP contribution in [0.3, 0.4) is 0 Å². The first kappa shape index (κ1) is 14.7. The summed E-state index contributed by atoms with van der Waals surface area (Å²) in [4.78, 5) is 4.10. The summed E-state index contributed by atoms with van der Waals surface area (Å²) in [6.07, 6.45) is 2.57. The minimum absolute atomic E-state index is 0.578. The zero-order valence-electron chi connectivity index (χ0n) is 10.3. The van der Waals surface area contributed by atoms with E-state index in [4.69, 9.17) is 4.74 Å². The Morgan fingerprint density at radius 1 is 1.37 bits per heavy atom. The molecule has 3 nitrogen and oxygen atoms in total. The zero-order valence-corrected chi connectivity index (χ0v) is 14.1. The lowest BCUT2D eigenvalue weighted by Gasteiger charge is -2.14. The lowest BCUT2D eigenvalue weighted by Crippen LogP contribution is -2.03. The number of aromatic nitrogens is 1. The third kappa shape index (κ3) is 3.67. The van der Waals surface area contributed by atoms with Gasteiger partial charge in [-0.3, -0.25) is 4.98 Å². The summed E-state index contributed by atoms with van der Waals surface area (Å²) in [6.45, 7) is 2.49. The van der Waals surface area contributed by atoms with Crippen LogP contribution in [0.5, 0.6) is 5.75 Å². The highest BCUT2D eigenvalue weighted by molar-refractivity contribution is 14.1. The summed E-state index contributed by atoms with van der Waals surface area (Å²) in [5.41, 5.74) is 1.54. The second-order valence-electron chi connectivity index (χ2n) is 3.96. The van der Waals surface area contributed by atoms with Gasteiger partial charge in [-0.1, -0.05) is 15.9 Å². The highest BCUT2D eigenvalue weighted by Gasteiger charge is 2.15. The Kier molecular flexibility index (Phi) is 5.18. The molecule has 0 aliphatic heterocycles. The number of hydrogen-bond acceptors (Lipinski definition) is 3. The van der Waals surface area contributed by atoms with Crippen LogP contribution < -0.4 is 4.74 Å². The molecule has 0 bridgehead atoms. The van der Waals surface area contributed by atoms with Crippen LogP contribution in [0.25, 0.3) is 0 Å². The minimum Gasteiger partial charge on any atom is -0.492 e. The number of aliphatic hydroxyl groups is 1. The smallest absolute Gasteiger partial charge is 0.137 e. The Bertz CT molecular complexity index is 577. The van der Waals surface area contributed by atoms with Crippen LogP contribution in [-0.2, 0) is 0 Å². The van der Waals surface area contributed by atoms with Crippen LogP contribution in [0, 0.1) is 3.57 Å². The second-order valence-corrected chi connectivity index (χ2v) is 6.06. The van der Waals surface area contributed by atoms with Crippen LogP contribution in [-0.4, -0.2) is 16.7 Å². The van der Waals surface area contributed by atoms with Crippen molar-refractivity contribution in [1.29, 1.82) is 0 Å². The molecular formula is C14H13BrINO2. The first-order valence-electron chi connectivity index (χ1n) is 5.82. The maximum atomic E-state index is 10.5. The van der Waals surface area contributed by atoms with E-state index in [-0.39, 0.29) is 0 Å². The molecular weight excluding hydrogens is 421 g/mol. The van der Waals surface area contributed by atoms with Gasteiger partial charge < -0.3 is 9.84 Å². The number of rotatable bonds is 4. The summed E-state index contributed by atoms with van der Waals surface area (Å²) in [5, 5.41) is 10.5. The Morgan fingerprint density at radius 3 is 2.89 bits per heavy atom. The number of aliphatic hydroxyl groups excluding tert-OH is 1. The predicted molar refractivity (Wildman–Crippen MR) is 86.3 cm³/mol. The first-order valence-corrected chi connectivity index (χ1v) is 7.69. The molecule has 0 spiro atoms. The molecule has 1 atom stereocenters. The van der Waals surface area contributed by atoms with Crippen molar-refractivity contribution in [2.24, 2.45) is 0 Å². The number of ether oxygens (including phenoxy) is 1. The van der Waals surface area contributed by atoms with Crippen molar-refractivity contribution >= 4 is 38.5 Å². The van der Waals surface area contributed by atoms with Gasteiger partial charge in [-0.05, 0) is 53.8 Å². The average molecular weight is 434 g/mol. The van der Waals surface area contributed by atoms with Gasteiger partial charge in [0.15, 0.2) is 0 Å². The average Bonchev–Trinajstić information content (AvgIpc) is 2.41. The normalized spacial score (nSPS) is 12.2. The lowest BCUT2D eigenvalue weighted by molar-refractivity contribution is 0.218. The van der Waals surface area contributed by atoms with E-state index in [1.54, 1.807) is 12.4 Å². The molecule has 0 aliphatic rings.